The molecular weight excluding hydrogens is 218 g/mol. The van der Waals surface area contributed by atoms with Gasteiger partial charge in [0.1, 0.15) is 5.75 Å². The van der Waals surface area contributed by atoms with Crippen LogP contribution >= 0.6 is 0 Å². The molecule has 1 aliphatic rings. The molecule has 1 aromatic carbocycles. The summed E-state index contributed by atoms with van der Waals surface area (Å²) in [5.41, 5.74) is 3.80. The van der Waals surface area contributed by atoms with Crippen molar-refractivity contribution in [3.05, 3.63) is 22.8 Å². The molecule has 0 fully saturated rings. The minimum atomic E-state index is -0.837. The van der Waals surface area contributed by atoms with Crippen molar-refractivity contribution in [2.45, 2.75) is 39.7 Å². The van der Waals surface area contributed by atoms with Gasteiger partial charge < -0.3 is 19.9 Å². The molecule has 2 N–H and O–H groups in total. The molecule has 0 saturated carbocycles. The topological polar surface area (TPSA) is 50.7 Å². The van der Waals surface area contributed by atoms with Crippen LogP contribution < -0.4 is 10.1 Å². The summed E-state index contributed by atoms with van der Waals surface area (Å²) < 4.78 is 10.6. The molecule has 1 aliphatic heterocycles. The van der Waals surface area contributed by atoms with Crippen LogP contribution in [0.1, 0.15) is 36.8 Å². The van der Waals surface area contributed by atoms with Crippen molar-refractivity contribution in [3.8, 4) is 5.75 Å². The van der Waals surface area contributed by atoms with E-state index in [0.29, 0.717) is 12.6 Å². The largest absolute Gasteiger partial charge is 0.496 e. The Balaban J connectivity index is 2.54. The molecular formula is C13H19NO3. The molecule has 1 aromatic rings. The molecule has 0 spiro atoms. The molecule has 4 nitrogen and oxygen atoms in total. The van der Waals surface area contributed by atoms with Crippen LogP contribution in [0.3, 0.4) is 0 Å². The van der Waals surface area contributed by atoms with Gasteiger partial charge in [0.25, 0.3) is 0 Å². The average Bonchev–Trinajstić information content (AvgIpc) is 2.65. The summed E-state index contributed by atoms with van der Waals surface area (Å²) in [5, 5.41) is 13.2. The third-order valence-corrected chi connectivity index (χ3v) is 3.01. The Morgan fingerprint density at radius 3 is 2.82 bits per heavy atom. The summed E-state index contributed by atoms with van der Waals surface area (Å²) in [6.07, 6.45) is -0.837. The highest BCUT2D eigenvalue weighted by Gasteiger charge is 2.28. The fourth-order valence-corrected chi connectivity index (χ4v) is 2.19. The minimum absolute atomic E-state index is 0.291. The maximum absolute atomic E-state index is 9.86. The van der Waals surface area contributed by atoms with Crippen LogP contribution in [0.5, 0.6) is 5.75 Å². The summed E-state index contributed by atoms with van der Waals surface area (Å²) in [5.74, 6) is 0.824. The number of methoxy groups -OCH3 is 1. The van der Waals surface area contributed by atoms with Crippen LogP contribution in [0.25, 0.3) is 0 Å². The van der Waals surface area contributed by atoms with Crippen molar-refractivity contribution in [2.24, 2.45) is 0 Å². The van der Waals surface area contributed by atoms with Crippen molar-refractivity contribution in [1.29, 1.82) is 0 Å². The van der Waals surface area contributed by atoms with Crippen molar-refractivity contribution in [1.82, 2.24) is 0 Å². The second-order valence-electron chi connectivity index (χ2n) is 4.61. The van der Waals surface area contributed by atoms with E-state index in [-0.39, 0.29) is 0 Å². The van der Waals surface area contributed by atoms with Crippen molar-refractivity contribution in [2.75, 3.05) is 12.4 Å². The lowest BCUT2D eigenvalue weighted by atomic mass is 10.00. The average molecular weight is 237 g/mol. The minimum Gasteiger partial charge on any atom is -0.496 e. The predicted molar refractivity (Wildman–Crippen MR) is 66.2 cm³/mol. The molecule has 0 bridgehead atoms. The first-order valence-electron chi connectivity index (χ1n) is 5.81. The number of anilines is 1. The first-order valence-corrected chi connectivity index (χ1v) is 5.81. The lowest BCUT2D eigenvalue weighted by Gasteiger charge is -2.18. The number of benzene rings is 1. The van der Waals surface area contributed by atoms with Gasteiger partial charge in [-0.05, 0) is 31.9 Å². The van der Waals surface area contributed by atoms with Crippen LogP contribution in [0.15, 0.2) is 6.07 Å². The van der Waals surface area contributed by atoms with Gasteiger partial charge in [-0.2, -0.15) is 0 Å². The van der Waals surface area contributed by atoms with E-state index in [4.69, 9.17) is 9.47 Å². The first-order chi connectivity index (χ1) is 8.04. The highest BCUT2D eigenvalue weighted by molar-refractivity contribution is 5.63. The Bertz CT molecular complexity index is 429. The zero-order chi connectivity index (χ0) is 12.6. The molecule has 4 heteroatoms. The number of fused-ring (bicyclic) bond motifs is 1. The van der Waals surface area contributed by atoms with Crippen molar-refractivity contribution >= 4 is 5.69 Å². The number of nitrogens with one attached hydrogen (secondary N) is 1. The Labute approximate surface area is 102 Å². The van der Waals surface area contributed by atoms with Crippen LogP contribution in [-0.4, -0.2) is 18.3 Å². The third kappa shape index (κ3) is 2.10. The SMILES string of the molecule is COc1cc(NC(C)C)c2c(c1C)COC2O. The maximum atomic E-state index is 9.86. The van der Waals surface area contributed by atoms with Crippen LogP contribution in [0.2, 0.25) is 0 Å². The number of aliphatic hydroxyl groups excluding tert-OH is 1. The summed E-state index contributed by atoms with van der Waals surface area (Å²) in [4.78, 5) is 0. The molecule has 2 rings (SSSR count). The number of hydrogen-bond acceptors (Lipinski definition) is 4. The normalized spacial score (nSPS) is 18.4. The second-order valence-corrected chi connectivity index (χ2v) is 4.61. The number of hydrogen-bond donors (Lipinski definition) is 2. The first kappa shape index (κ1) is 12.2. The van der Waals surface area contributed by atoms with E-state index in [1.165, 1.54) is 0 Å². The number of aliphatic hydroxyl groups is 1. The van der Waals surface area contributed by atoms with Gasteiger partial charge in [-0.25, -0.2) is 0 Å². The lowest BCUT2D eigenvalue weighted by molar-refractivity contribution is -0.0915. The smallest absolute Gasteiger partial charge is 0.183 e. The predicted octanol–water partition coefficient (Wildman–Crippen LogP) is 2.35. The van der Waals surface area contributed by atoms with E-state index in [0.717, 1.165) is 28.1 Å². The maximum Gasteiger partial charge on any atom is 0.183 e. The zero-order valence-electron chi connectivity index (χ0n) is 10.7. The van der Waals surface area contributed by atoms with Gasteiger partial charge in [-0.3, -0.25) is 0 Å². The molecule has 0 saturated heterocycles. The summed E-state index contributed by atoms with van der Waals surface area (Å²) in [7, 11) is 1.65. The highest BCUT2D eigenvalue weighted by Crippen LogP contribution is 2.41. The molecule has 1 heterocycles. The standard InChI is InChI=1S/C13H19NO3/c1-7(2)14-10-5-11(16-4)8(3)9-6-17-13(15)12(9)10/h5,7,13-15H,6H2,1-4H3. The van der Waals surface area contributed by atoms with Gasteiger partial charge in [0.15, 0.2) is 6.29 Å². The lowest BCUT2D eigenvalue weighted by Crippen LogP contribution is -2.13. The Morgan fingerprint density at radius 1 is 1.53 bits per heavy atom. The Kier molecular flexibility index (Phi) is 3.26. The van der Waals surface area contributed by atoms with Crippen LogP contribution in [0.4, 0.5) is 5.69 Å². The Morgan fingerprint density at radius 2 is 2.24 bits per heavy atom. The van der Waals surface area contributed by atoms with Gasteiger partial charge in [0.2, 0.25) is 0 Å². The third-order valence-electron chi connectivity index (χ3n) is 3.01. The molecule has 1 atom stereocenters. The molecule has 0 aliphatic carbocycles. The quantitative estimate of drug-likeness (QED) is 0.847. The zero-order valence-corrected chi connectivity index (χ0v) is 10.7. The van der Waals surface area contributed by atoms with Gasteiger partial charge in [-0.1, -0.05) is 0 Å². The van der Waals surface area contributed by atoms with Gasteiger partial charge in [-0.15, -0.1) is 0 Å². The van der Waals surface area contributed by atoms with E-state index < -0.39 is 6.29 Å². The Hall–Kier alpha value is -1.26. The fraction of sp³-hybridized carbons (Fsp3) is 0.538. The molecule has 0 radical (unpaired) electrons. The number of ether oxygens (including phenoxy) is 2. The van der Waals surface area contributed by atoms with Crippen LogP contribution in [0, 0.1) is 6.92 Å². The van der Waals surface area contributed by atoms with Crippen molar-refractivity contribution < 1.29 is 14.6 Å². The monoisotopic (exact) mass is 237 g/mol. The van der Waals surface area contributed by atoms with E-state index >= 15 is 0 Å². The molecule has 17 heavy (non-hydrogen) atoms. The van der Waals surface area contributed by atoms with Gasteiger partial charge >= 0.3 is 0 Å². The van der Waals surface area contributed by atoms with Crippen LogP contribution in [-0.2, 0) is 11.3 Å². The fourth-order valence-electron chi connectivity index (χ4n) is 2.19. The molecule has 1 unspecified atom stereocenters. The number of rotatable bonds is 3. The summed E-state index contributed by atoms with van der Waals surface area (Å²) in [6, 6.07) is 2.21. The van der Waals surface area contributed by atoms with E-state index in [2.05, 4.69) is 19.2 Å². The van der Waals surface area contributed by atoms with Gasteiger partial charge in [0, 0.05) is 23.4 Å². The van der Waals surface area contributed by atoms with E-state index in [1.54, 1.807) is 7.11 Å². The summed E-state index contributed by atoms with van der Waals surface area (Å²) >= 11 is 0. The highest BCUT2D eigenvalue weighted by atomic mass is 16.6. The summed E-state index contributed by atoms with van der Waals surface area (Å²) in [6.45, 7) is 6.53. The van der Waals surface area contributed by atoms with Gasteiger partial charge in [0.05, 0.1) is 13.7 Å². The van der Waals surface area contributed by atoms with E-state index in [1.807, 2.05) is 13.0 Å². The van der Waals surface area contributed by atoms with E-state index in [9.17, 15) is 5.11 Å². The molecule has 0 aromatic heterocycles. The molecule has 0 amide bonds. The second kappa shape index (κ2) is 4.55. The molecule has 94 valence electrons. The van der Waals surface area contributed by atoms with Crippen molar-refractivity contribution in [3.63, 3.8) is 0 Å².